The van der Waals surface area contributed by atoms with Crippen LogP contribution >= 0.6 is 0 Å². The number of hydrogen-bond donors (Lipinski definition) is 1. The minimum Gasteiger partial charge on any atom is -0.496 e. The van der Waals surface area contributed by atoms with Crippen molar-refractivity contribution in [2.75, 3.05) is 7.11 Å². The molecule has 0 saturated carbocycles. The van der Waals surface area contributed by atoms with E-state index in [-0.39, 0.29) is 5.56 Å². The van der Waals surface area contributed by atoms with E-state index < -0.39 is 11.9 Å². The van der Waals surface area contributed by atoms with E-state index in [0.717, 1.165) is 19.3 Å². The van der Waals surface area contributed by atoms with Gasteiger partial charge >= 0.3 is 0 Å². The zero-order chi connectivity index (χ0) is 12.0. The quantitative estimate of drug-likeness (QED) is 0.753. The number of aliphatic hydroxyl groups is 1. The van der Waals surface area contributed by atoms with Gasteiger partial charge in [0.2, 0.25) is 0 Å². The van der Waals surface area contributed by atoms with Crippen molar-refractivity contribution in [3.63, 3.8) is 0 Å². The van der Waals surface area contributed by atoms with Crippen molar-refractivity contribution in [1.82, 2.24) is 0 Å². The SMILES string of the molecule is CCCCCC(O)c1c(F)cccc1OC. The highest BCUT2D eigenvalue weighted by Crippen LogP contribution is 2.30. The third-order valence-corrected chi connectivity index (χ3v) is 2.65. The summed E-state index contributed by atoms with van der Waals surface area (Å²) in [6, 6.07) is 4.60. The Bertz CT molecular complexity index is 326. The summed E-state index contributed by atoms with van der Waals surface area (Å²) in [6.45, 7) is 2.09. The maximum absolute atomic E-state index is 13.6. The van der Waals surface area contributed by atoms with E-state index in [0.29, 0.717) is 12.2 Å². The minimum atomic E-state index is -0.775. The molecular formula is C13H19FO2. The molecule has 1 unspecified atom stereocenters. The molecular weight excluding hydrogens is 207 g/mol. The molecule has 90 valence electrons. The molecule has 0 aliphatic heterocycles. The Kier molecular flexibility index (Phi) is 5.26. The summed E-state index contributed by atoms with van der Waals surface area (Å²) in [7, 11) is 1.48. The normalized spacial score (nSPS) is 12.5. The first-order valence-corrected chi connectivity index (χ1v) is 5.71. The van der Waals surface area contributed by atoms with Crippen LogP contribution in [0.4, 0.5) is 4.39 Å². The van der Waals surface area contributed by atoms with Crippen LogP contribution in [0.5, 0.6) is 5.75 Å². The van der Waals surface area contributed by atoms with Gasteiger partial charge in [-0.25, -0.2) is 4.39 Å². The first kappa shape index (κ1) is 13.0. The molecule has 2 nitrogen and oxygen atoms in total. The number of ether oxygens (including phenoxy) is 1. The standard InChI is InChI=1S/C13H19FO2/c1-3-4-5-8-11(15)13-10(14)7-6-9-12(13)16-2/h6-7,9,11,15H,3-5,8H2,1-2H3. The van der Waals surface area contributed by atoms with Gasteiger partial charge < -0.3 is 9.84 Å². The number of methoxy groups -OCH3 is 1. The number of halogens is 1. The Balaban J connectivity index is 2.76. The predicted molar refractivity (Wildman–Crippen MR) is 62.1 cm³/mol. The Morgan fingerprint density at radius 3 is 2.75 bits per heavy atom. The minimum absolute atomic E-state index is 0.279. The monoisotopic (exact) mass is 226 g/mol. The molecule has 0 aromatic heterocycles. The van der Waals surface area contributed by atoms with Gasteiger partial charge in [0.25, 0.3) is 0 Å². The van der Waals surface area contributed by atoms with Crippen molar-refractivity contribution < 1.29 is 14.2 Å². The molecule has 1 N–H and O–H groups in total. The molecule has 0 aliphatic rings. The van der Waals surface area contributed by atoms with E-state index in [9.17, 15) is 9.50 Å². The van der Waals surface area contributed by atoms with Gasteiger partial charge in [-0.2, -0.15) is 0 Å². The maximum Gasteiger partial charge on any atom is 0.132 e. The van der Waals surface area contributed by atoms with Gasteiger partial charge in [-0.1, -0.05) is 32.3 Å². The lowest BCUT2D eigenvalue weighted by molar-refractivity contribution is 0.155. The van der Waals surface area contributed by atoms with Crippen molar-refractivity contribution in [2.45, 2.75) is 38.7 Å². The molecule has 16 heavy (non-hydrogen) atoms. The summed E-state index contributed by atoms with van der Waals surface area (Å²) in [5.74, 6) is 0.0207. The van der Waals surface area contributed by atoms with E-state index in [1.54, 1.807) is 12.1 Å². The van der Waals surface area contributed by atoms with Gasteiger partial charge in [-0.15, -0.1) is 0 Å². The first-order chi connectivity index (χ1) is 7.70. The molecule has 1 rings (SSSR count). The molecule has 0 bridgehead atoms. The van der Waals surface area contributed by atoms with Crippen LogP contribution in [-0.4, -0.2) is 12.2 Å². The number of rotatable bonds is 6. The van der Waals surface area contributed by atoms with Crippen molar-refractivity contribution >= 4 is 0 Å². The summed E-state index contributed by atoms with van der Waals surface area (Å²) < 4.78 is 18.6. The third kappa shape index (κ3) is 3.20. The lowest BCUT2D eigenvalue weighted by atomic mass is 10.0. The van der Waals surface area contributed by atoms with E-state index in [1.807, 2.05) is 0 Å². The van der Waals surface area contributed by atoms with Gasteiger partial charge in [0.15, 0.2) is 0 Å². The fraction of sp³-hybridized carbons (Fsp3) is 0.538. The number of benzene rings is 1. The zero-order valence-corrected chi connectivity index (χ0v) is 9.87. The highest BCUT2D eigenvalue weighted by molar-refractivity contribution is 5.36. The van der Waals surface area contributed by atoms with Gasteiger partial charge in [0, 0.05) is 0 Å². The van der Waals surface area contributed by atoms with Gasteiger partial charge in [-0.05, 0) is 18.6 Å². The van der Waals surface area contributed by atoms with E-state index in [4.69, 9.17) is 4.74 Å². The number of unbranched alkanes of at least 4 members (excludes halogenated alkanes) is 2. The van der Waals surface area contributed by atoms with E-state index >= 15 is 0 Å². The Hall–Kier alpha value is -1.09. The van der Waals surface area contributed by atoms with Crippen LogP contribution in [0, 0.1) is 5.82 Å². The summed E-state index contributed by atoms with van der Waals surface area (Å²) >= 11 is 0. The van der Waals surface area contributed by atoms with Crippen LogP contribution in [-0.2, 0) is 0 Å². The molecule has 1 aromatic rings. The van der Waals surface area contributed by atoms with Crippen LogP contribution in [0.2, 0.25) is 0 Å². The molecule has 3 heteroatoms. The Morgan fingerprint density at radius 1 is 1.38 bits per heavy atom. The van der Waals surface area contributed by atoms with Gasteiger partial charge in [-0.3, -0.25) is 0 Å². The van der Waals surface area contributed by atoms with Crippen molar-refractivity contribution in [3.8, 4) is 5.75 Å². The molecule has 0 heterocycles. The van der Waals surface area contributed by atoms with E-state index in [2.05, 4.69) is 6.92 Å². The van der Waals surface area contributed by atoms with Crippen LogP contribution < -0.4 is 4.74 Å². The molecule has 0 fully saturated rings. The average Bonchev–Trinajstić information content (AvgIpc) is 2.28. The Labute approximate surface area is 96.1 Å². The molecule has 1 aromatic carbocycles. The van der Waals surface area contributed by atoms with Crippen molar-refractivity contribution in [3.05, 3.63) is 29.6 Å². The van der Waals surface area contributed by atoms with Crippen LogP contribution in [0.15, 0.2) is 18.2 Å². The van der Waals surface area contributed by atoms with E-state index in [1.165, 1.54) is 13.2 Å². The predicted octanol–water partition coefficient (Wildman–Crippen LogP) is 3.45. The summed E-state index contributed by atoms with van der Waals surface area (Å²) in [4.78, 5) is 0. The molecule has 1 atom stereocenters. The topological polar surface area (TPSA) is 29.5 Å². The highest BCUT2D eigenvalue weighted by Gasteiger charge is 2.17. The molecule has 0 aliphatic carbocycles. The Morgan fingerprint density at radius 2 is 2.12 bits per heavy atom. The molecule has 0 spiro atoms. The third-order valence-electron chi connectivity index (χ3n) is 2.65. The lowest BCUT2D eigenvalue weighted by Gasteiger charge is -2.15. The van der Waals surface area contributed by atoms with Crippen molar-refractivity contribution in [2.24, 2.45) is 0 Å². The fourth-order valence-electron chi connectivity index (χ4n) is 1.75. The molecule has 0 radical (unpaired) electrons. The van der Waals surface area contributed by atoms with Crippen LogP contribution in [0.1, 0.15) is 44.3 Å². The van der Waals surface area contributed by atoms with Crippen molar-refractivity contribution in [1.29, 1.82) is 0 Å². The van der Waals surface area contributed by atoms with Gasteiger partial charge in [0.1, 0.15) is 11.6 Å². The first-order valence-electron chi connectivity index (χ1n) is 5.71. The second-order valence-corrected chi connectivity index (χ2v) is 3.87. The fourth-order valence-corrected chi connectivity index (χ4v) is 1.75. The smallest absolute Gasteiger partial charge is 0.132 e. The number of hydrogen-bond acceptors (Lipinski definition) is 2. The average molecular weight is 226 g/mol. The maximum atomic E-state index is 13.6. The largest absolute Gasteiger partial charge is 0.496 e. The summed E-state index contributed by atoms with van der Waals surface area (Å²) in [6.07, 6.45) is 2.83. The summed E-state index contributed by atoms with van der Waals surface area (Å²) in [5.41, 5.74) is 0.279. The lowest BCUT2D eigenvalue weighted by Crippen LogP contribution is -2.03. The zero-order valence-electron chi connectivity index (χ0n) is 9.87. The molecule has 0 amide bonds. The second kappa shape index (κ2) is 6.48. The van der Waals surface area contributed by atoms with Crippen LogP contribution in [0.3, 0.4) is 0 Å². The van der Waals surface area contributed by atoms with Gasteiger partial charge in [0.05, 0.1) is 18.8 Å². The number of aliphatic hydroxyl groups excluding tert-OH is 1. The second-order valence-electron chi connectivity index (χ2n) is 3.87. The summed E-state index contributed by atoms with van der Waals surface area (Å²) in [5, 5.41) is 9.92. The van der Waals surface area contributed by atoms with Crippen LogP contribution in [0.25, 0.3) is 0 Å². The highest BCUT2D eigenvalue weighted by atomic mass is 19.1. The molecule has 0 saturated heterocycles.